The van der Waals surface area contributed by atoms with Gasteiger partial charge >= 0.3 is 0 Å². The van der Waals surface area contributed by atoms with Crippen LogP contribution in [0.3, 0.4) is 0 Å². The van der Waals surface area contributed by atoms with E-state index in [0.29, 0.717) is 24.7 Å². The van der Waals surface area contributed by atoms with Crippen LogP contribution in [0, 0.1) is 4.78 Å². The van der Waals surface area contributed by atoms with E-state index in [-0.39, 0.29) is 12.1 Å². The number of rotatable bonds is 5. The highest BCUT2D eigenvalue weighted by molar-refractivity contribution is 7.92. The normalized spacial score (nSPS) is 22.3. The summed E-state index contributed by atoms with van der Waals surface area (Å²) in [4.78, 5) is 16.7. The summed E-state index contributed by atoms with van der Waals surface area (Å²) in [6, 6.07) is 6.42. The molecule has 4 heterocycles. The lowest BCUT2D eigenvalue weighted by atomic mass is 10.1. The molecule has 1 saturated carbocycles. The molecule has 1 aliphatic heterocycles. The lowest BCUT2D eigenvalue weighted by Crippen LogP contribution is -2.44. The predicted molar refractivity (Wildman–Crippen MR) is 126 cm³/mol. The molecule has 0 aromatic carbocycles. The van der Waals surface area contributed by atoms with Gasteiger partial charge in [0.15, 0.2) is 5.82 Å². The molecule has 2 atom stereocenters. The minimum Gasteiger partial charge on any atom is -0.377 e. The summed E-state index contributed by atoms with van der Waals surface area (Å²) in [6.45, 7) is 8.40. The van der Waals surface area contributed by atoms with Crippen molar-refractivity contribution in [3.8, 4) is 11.4 Å². The van der Waals surface area contributed by atoms with Crippen LogP contribution in [0.4, 0.5) is 5.82 Å². The third-order valence-corrected chi connectivity index (χ3v) is 8.81. The number of pyridine rings is 1. The van der Waals surface area contributed by atoms with Crippen molar-refractivity contribution in [3.05, 3.63) is 36.3 Å². The first-order valence-corrected chi connectivity index (χ1v) is 13.1. The maximum absolute atomic E-state index is 12.9. The van der Waals surface area contributed by atoms with Crippen molar-refractivity contribution < 1.29 is 8.95 Å². The van der Waals surface area contributed by atoms with Gasteiger partial charge in [0, 0.05) is 48.3 Å². The van der Waals surface area contributed by atoms with Gasteiger partial charge in [-0.3, -0.25) is 4.78 Å². The summed E-state index contributed by atoms with van der Waals surface area (Å²) >= 11 is 0. The Morgan fingerprint density at radius 3 is 2.72 bits per heavy atom. The fraction of sp³-hybridized carbons (Fsp3) is 0.522. The molecule has 0 bridgehead atoms. The molecule has 32 heavy (non-hydrogen) atoms. The number of aromatic nitrogens is 4. The summed E-state index contributed by atoms with van der Waals surface area (Å²) in [5.41, 5.74) is 2.52. The van der Waals surface area contributed by atoms with Gasteiger partial charge in [0.05, 0.1) is 39.4 Å². The van der Waals surface area contributed by atoms with Gasteiger partial charge in [-0.15, -0.1) is 0 Å². The summed E-state index contributed by atoms with van der Waals surface area (Å²) in [6.07, 6.45) is 6.81. The van der Waals surface area contributed by atoms with E-state index in [1.807, 2.05) is 18.3 Å². The molecule has 170 valence electrons. The Balaban J connectivity index is 1.72. The van der Waals surface area contributed by atoms with Crippen molar-refractivity contribution in [3.63, 3.8) is 0 Å². The Kier molecular flexibility index (Phi) is 5.01. The monoisotopic (exact) mass is 454 g/mol. The van der Waals surface area contributed by atoms with E-state index in [2.05, 4.69) is 41.3 Å². The quantitative estimate of drug-likeness (QED) is 0.627. The molecule has 0 spiro atoms. The predicted octanol–water partition coefficient (Wildman–Crippen LogP) is 3.96. The molecule has 1 aliphatic carbocycles. The van der Waals surface area contributed by atoms with E-state index in [1.165, 1.54) is 6.26 Å². The summed E-state index contributed by atoms with van der Waals surface area (Å²) in [7, 11) is -2.80. The molecule has 0 amide bonds. The first-order chi connectivity index (χ1) is 15.2. The maximum atomic E-state index is 12.9. The van der Waals surface area contributed by atoms with Gasteiger partial charge in [-0.2, -0.15) is 0 Å². The van der Waals surface area contributed by atoms with Crippen LogP contribution in [0.1, 0.15) is 45.3 Å². The van der Waals surface area contributed by atoms with Crippen molar-refractivity contribution in [2.45, 2.75) is 50.4 Å². The topological polar surface area (TPSA) is 97.0 Å². The minimum absolute atomic E-state index is 0.177. The lowest BCUT2D eigenvalue weighted by Gasteiger charge is -2.35. The lowest BCUT2D eigenvalue weighted by molar-refractivity contribution is 0.0985. The molecule has 1 N–H and O–H groups in total. The van der Waals surface area contributed by atoms with Crippen molar-refractivity contribution in [1.82, 2.24) is 19.5 Å². The van der Waals surface area contributed by atoms with Gasteiger partial charge in [0.2, 0.25) is 0 Å². The molecule has 9 heteroatoms. The van der Waals surface area contributed by atoms with Crippen LogP contribution in [-0.4, -0.2) is 55.8 Å². The number of anilines is 1. The molecular weight excluding hydrogens is 424 g/mol. The van der Waals surface area contributed by atoms with Crippen LogP contribution < -0.4 is 4.90 Å². The Hall–Kier alpha value is -2.52. The Bertz CT molecular complexity index is 1280. The average Bonchev–Trinajstić information content (AvgIpc) is 3.47. The third kappa shape index (κ3) is 3.38. The molecule has 3 aromatic rings. The highest BCUT2D eigenvalue weighted by atomic mass is 32.2. The van der Waals surface area contributed by atoms with Crippen molar-refractivity contribution in [1.29, 1.82) is 4.78 Å². The molecule has 2 aliphatic rings. The first kappa shape index (κ1) is 21.3. The van der Waals surface area contributed by atoms with Gasteiger partial charge in [0.1, 0.15) is 11.5 Å². The van der Waals surface area contributed by atoms with E-state index < -0.39 is 14.5 Å². The average molecular weight is 455 g/mol. The largest absolute Gasteiger partial charge is 0.377 e. The zero-order valence-electron chi connectivity index (χ0n) is 19.0. The minimum atomic E-state index is -2.80. The highest BCUT2D eigenvalue weighted by Crippen LogP contribution is 2.52. The SMILES string of the molecule is CC(C)n1ccc2c(-c3nc(N4CCOC[C@H]4C)cc(C4(S(C)(=N)=O)CC4)n3)ccnc21. The number of morpholine rings is 1. The molecule has 3 aromatic heterocycles. The number of hydrogen-bond donors (Lipinski definition) is 1. The zero-order valence-corrected chi connectivity index (χ0v) is 19.9. The number of ether oxygens (including phenoxy) is 1. The molecular formula is C23H30N6O2S. The Morgan fingerprint density at radius 1 is 1.28 bits per heavy atom. The van der Waals surface area contributed by atoms with E-state index in [0.717, 1.165) is 41.8 Å². The van der Waals surface area contributed by atoms with Gasteiger partial charge in [-0.25, -0.2) is 19.2 Å². The second kappa shape index (κ2) is 7.52. The van der Waals surface area contributed by atoms with Crippen LogP contribution >= 0.6 is 0 Å². The van der Waals surface area contributed by atoms with E-state index >= 15 is 0 Å². The van der Waals surface area contributed by atoms with Crippen molar-refractivity contribution >= 4 is 26.6 Å². The Labute approximate surface area is 189 Å². The smallest absolute Gasteiger partial charge is 0.162 e. The van der Waals surface area contributed by atoms with E-state index in [1.54, 1.807) is 6.20 Å². The zero-order chi connectivity index (χ0) is 22.7. The van der Waals surface area contributed by atoms with Crippen LogP contribution in [0.5, 0.6) is 0 Å². The van der Waals surface area contributed by atoms with Crippen LogP contribution in [0.2, 0.25) is 0 Å². The summed E-state index contributed by atoms with van der Waals surface area (Å²) < 4.78 is 28.4. The highest BCUT2D eigenvalue weighted by Gasteiger charge is 2.53. The first-order valence-electron chi connectivity index (χ1n) is 11.1. The fourth-order valence-corrected chi connectivity index (χ4v) is 6.02. The number of hydrogen-bond acceptors (Lipinski definition) is 7. The number of fused-ring (bicyclic) bond motifs is 1. The van der Waals surface area contributed by atoms with Gasteiger partial charge < -0.3 is 14.2 Å². The number of nitrogens with zero attached hydrogens (tertiary/aromatic N) is 5. The molecule has 1 unspecified atom stereocenters. The number of nitrogens with one attached hydrogen (secondary N) is 1. The van der Waals surface area contributed by atoms with Crippen LogP contribution in [0.25, 0.3) is 22.4 Å². The van der Waals surface area contributed by atoms with Crippen molar-refractivity contribution in [2.24, 2.45) is 0 Å². The second-order valence-electron chi connectivity index (χ2n) is 9.30. The molecule has 2 fully saturated rings. The molecule has 5 rings (SSSR count). The van der Waals surface area contributed by atoms with Crippen molar-refractivity contribution in [2.75, 3.05) is 30.9 Å². The maximum Gasteiger partial charge on any atom is 0.162 e. The van der Waals surface area contributed by atoms with Crippen LogP contribution in [0.15, 0.2) is 30.6 Å². The van der Waals surface area contributed by atoms with E-state index in [4.69, 9.17) is 19.5 Å². The molecule has 1 saturated heterocycles. The third-order valence-electron chi connectivity index (χ3n) is 6.70. The van der Waals surface area contributed by atoms with E-state index in [9.17, 15) is 4.21 Å². The van der Waals surface area contributed by atoms with Gasteiger partial charge in [0.25, 0.3) is 0 Å². The second-order valence-corrected chi connectivity index (χ2v) is 11.8. The standard InChI is InChI=1S/C23H30N6O2S/c1-15(2)28-10-6-18-17(5-9-25-22(18)28)21-26-19(23(7-8-23)32(4,24)30)13-20(27-21)29-11-12-31-14-16(29)3/h5-6,9-10,13,15-16,24H,7-8,11-12,14H2,1-4H3/t16-,32?/m1/s1. The van der Waals surface area contributed by atoms with Gasteiger partial charge in [-0.1, -0.05) is 0 Å². The van der Waals surface area contributed by atoms with Gasteiger partial charge in [-0.05, 0) is 45.7 Å². The van der Waals surface area contributed by atoms with Crippen LogP contribution in [-0.2, 0) is 19.2 Å². The molecule has 8 nitrogen and oxygen atoms in total. The summed E-state index contributed by atoms with van der Waals surface area (Å²) in [5.74, 6) is 1.41. The summed E-state index contributed by atoms with van der Waals surface area (Å²) in [5, 5.41) is 0.993. The molecule has 0 radical (unpaired) electrons. The fourth-order valence-electron chi connectivity index (χ4n) is 4.63. The Morgan fingerprint density at radius 2 is 2.06 bits per heavy atom.